The lowest BCUT2D eigenvalue weighted by Gasteiger charge is -2.30. The predicted octanol–water partition coefficient (Wildman–Crippen LogP) is 5.33. The van der Waals surface area contributed by atoms with Crippen LogP contribution in [-0.4, -0.2) is 23.6 Å². The summed E-state index contributed by atoms with van der Waals surface area (Å²) in [5, 5.41) is 3.51. The van der Waals surface area contributed by atoms with Gasteiger partial charge >= 0.3 is 0 Å². The molecule has 142 valence electrons. The van der Waals surface area contributed by atoms with E-state index in [2.05, 4.69) is 78.4 Å². The number of pyridine rings is 1. The van der Waals surface area contributed by atoms with E-state index in [1.54, 1.807) is 0 Å². The Hall–Kier alpha value is -2.26. The van der Waals surface area contributed by atoms with Crippen molar-refractivity contribution < 1.29 is 4.74 Å². The minimum atomic E-state index is 0.298. The molecule has 2 unspecified atom stereocenters. The van der Waals surface area contributed by atoms with Crippen molar-refractivity contribution in [3.63, 3.8) is 0 Å². The molecule has 1 saturated heterocycles. The van der Waals surface area contributed by atoms with Crippen LogP contribution in [0.15, 0.2) is 54.9 Å². The summed E-state index contributed by atoms with van der Waals surface area (Å²) in [5.74, 6) is 1.60. The van der Waals surface area contributed by atoms with Crippen LogP contribution in [-0.2, 0) is 6.42 Å². The van der Waals surface area contributed by atoms with Crippen LogP contribution < -0.4 is 10.1 Å². The molecule has 4 rings (SSSR count). The maximum atomic E-state index is 6.36. The number of fused-ring (bicyclic) bond motifs is 1. The number of ether oxygens (including phenoxy) is 1. The lowest BCUT2D eigenvalue weighted by Crippen LogP contribution is -2.39. The molecule has 2 atom stereocenters. The Morgan fingerprint density at radius 1 is 1.15 bits per heavy atom. The van der Waals surface area contributed by atoms with E-state index in [-0.39, 0.29) is 0 Å². The van der Waals surface area contributed by atoms with Crippen molar-refractivity contribution in [2.75, 3.05) is 13.1 Å². The third-order valence-corrected chi connectivity index (χ3v) is 5.86. The third kappa shape index (κ3) is 3.74. The molecule has 0 radical (unpaired) electrons. The smallest absolute Gasteiger partial charge is 0.119 e. The summed E-state index contributed by atoms with van der Waals surface area (Å²) in [6.07, 6.45) is 9.27. The first-order chi connectivity index (χ1) is 13.3. The number of piperidine rings is 1. The van der Waals surface area contributed by atoms with Gasteiger partial charge in [-0.2, -0.15) is 0 Å². The fourth-order valence-electron chi connectivity index (χ4n) is 4.40. The number of rotatable bonds is 6. The van der Waals surface area contributed by atoms with Gasteiger partial charge in [0.1, 0.15) is 11.9 Å². The first-order valence-corrected chi connectivity index (χ1v) is 10.4. The van der Waals surface area contributed by atoms with Crippen LogP contribution in [0.2, 0.25) is 0 Å². The van der Waals surface area contributed by atoms with Gasteiger partial charge in [-0.05, 0) is 67.6 Å². The van der Waals surface area contributed by atoms with Crippen LogP contribution in [0.5, 0.6) is 5.75 Å². The Balaban J connectivity index is 1.55. The molecule has 1 aliphatic heterocycles. The Bertz CT molecular complexity index is 875. The van der Waals surface area contributed by atoms with Crippen LogP contribution >= 0.6 is 0 Å². The second kappa shape index (κ2) is 8.18. The summed E-state index contributed by atoms with van der Waals surface area (Å²) in [6, 6.07) is 15.1. The molecule has 0 aliphatic carbocycles. The summed E-state index contributed by atoms with van der Waals surface area (Å²) in [4.78, 5) is 0. The summed E-state index contributed by atoms with van der Waals surface area (Å²) in [7, 11) is 0. The molecular formula is C24H30N2O. The molecule has 3 aromatic rings. The highest BCUT2D eigenvalue weighted by Gasteiger charge is 2.23. The van der Waals surface area contributed by atoms with E-state index in [1.807, 2.05) is 0 Å². The Morgan fingerprint density at radius 2 is 2.00 bits per heavy atom. The topological polar surface area (TPSA) is 25.7 Å². The zero-order chi connectivity index (χ0) is 18.6. The minimum Gasteiger partial charge on any atom is -0.490 e. The van der Waals surface area contributed by atoms with Crippen LogP contribution in [0, 0.1) is 5.92 Å². The Kier molecular flexibility index (Phi) is 5.49. The van der Waals surface area contributed by atoms with E-state index < -0.39 is 0 Å². The quantitative estimate of drug-likeness (QED) is 0.642. The fourth-order valence-corrected chi connectivity index (χ4v) is 4.40. The van der Waals surface area contributed by atoms with Crippen molar-refractivity contribution in [2.45, 2.75) is 45.6 Å². The van der Waals surface area contributed by atoms with E-state index in [9.17, 15) is 0 Å². The summed E-state index contributed by atoms with van der Waals surface area (Å²) in [5.41, 5.74) is 5.28. The van der Waals surface area contributed by atoms with Gasteiger partial charge in [-0.1, -0.05) is 32.0 Å². The predicted molar refractivity (Wildman–Crippen MR) is 113 cm³/mol. The van der Waals surface area contributed by atoms with Gasteiger partial charge in [0.2, 0.25) is 0 Å². The maximum Gasteiger partial charge on any atom is 0.119 e. The van der Waals surface area contributed by atoms with Gasteiger partial charge in [0, 0.05) is 35.9 Å². The van der Waals surface area contributed by atoms with Crippen molar-refractivity contribution in [1.29, 1.82) is 0 Å². The second-order valence-corrected chi connectivity index (χ2v) is 7.56. The average Bonchev–Trinajstić information content (AvgIpc) is 3.11. The van der Waals surface area contributed by atoms with Crippen molar-refractivity contribution in [2.24, 2.45) is 5.92 Å². The van der Waals surface area contributed by atoms with Gasteiger partial charge in [-0.15, -0.1) is 0 Å². The molecule has 1 fully saturated rings. The normalized spacial score (nSPS) is 18.5. The van der Waals surface area contributed by atoms with E-state index in [1.165, 1.54) is 35.0 Å². The highest BCUT2D eigenvalue weighted by atomic mass is 16.5. The second-order valence-electron chi connectivity index (χ2n) is 7.56. The third-order valence-electron chi connectivity index (χ3n) is 5.86. The highest BCUT2D eigenvalue weighted by molar-refractivity contribution is 5.77. The molecule has 0 saturated carbocycles. The van der Waals surface area contributed by atoms with E-state index in [0.29, 0.717) is 12.0 Å². The molecule has 1 aromatic carbocycles. The number of hydrogen-bond donors (Lipinski definition) is 1. The van der Waals surface area contributed by atoms with Gasteiger partial charge < -0.3 is 14.5 Å². The molecular weight excluding hydrogens is 332 g/mol. The van der Waals surface area contributed by atoms with Gasteiger partial charge in [0.05, 0.1) is 0 Å². The first-order valence-electron chi connectivity index (χ1n) is 10.4. The zero-order valence-electron chi connectivity index (χ0n) is 16.4. The molecule has 3 heteroatoms. The number of aryl methyl sites for hydroxylation is 1. The maximum absolute atomic E-state index is 6.36. The van der Waals surface area contributed by atoms with Crippen molar-refractivity contribution in [1.82, 2.24) is 9.72 Å². The van der Waals surface area contributed by atoms with Gasteiger partial charge in [0.25, 0.3) is 0 Å². The molecule has 3 nitrogen and oxygen atoms in total. The number of hydrogen-bond acceptors (Lipinski definition) is 2. The van der Waals surface area contributed by atoms with Crippen molar-refractivity contribution in [3.8, 4) is 16.9 Å². The van der Waals surface area contributed by atoms with E-state index in [0.717, 1.165) is 31.7 Å². The molecule has 3 heterocycles. The fraction of sp³-hybridized carbons (Fsp3) is 0.417. The Morgan fingerprint density at radius 3 is 2.70 bits per heavy atom. The van der Waals surface area contributed by atoms with E-state index in [4.69, 9.17) is 4.74 Å². The number of nitrogens with zero attached hydrogens (tertiary/aromatic N) is 1. The number of nitrogens with one attached hydrogen (secondary N) is 1. The van der Waals surface area contributed by atoms with Gasteiger partial charge in [0.15, 0.2) is 0 Å². The van der Waals surface area contributed by atoms with Gasteiger partial charge in [-0.3, -0.25) is 0 Å². The molecule has 0 bridgehead atoms. The standard InChI is InChI=1S/C24H30N2O/c1-3-21-22(17-26-15-6-5-9-23(21)26)18-10-12-20(13-11-18)27-24(4-2)19-8-7-14-25-16-19/h5-6,9-13,15,17,19,24-25H,3-4,7-8,14,16H2,1-2H3. The summed E-state index contributed by atoms with van der Waals surface area (Å²) >= 11 is 0. The SMILES string of the molecule is CCc1c(-c2ccc(OC(CC)C3CCCNC3)cc2)cn2ccccc12. The first kappa shape index (κ1) is 18.1. The molecule has 27 heavy (non-hydrogen) atoms. The number of aromatic nitrogens is 1. The number of benzene rings is 1. The lowest BCUT2D eigenvalue weighted by atomic mass is 9.92. The Labute approximate surface area is 162 Å². The summed E-state index contributed by atoms with van der Waals surface area (Å²) < 4.78 is 8.59. The van der Waals surface area contributed by atoms with Crippen LogP contribution in [0.1, 0.15) is 38.7 Å². The molecule has 1 aliphatic rings. The van der Waals surface area contributed by atoms with E-state index >= 15 is 0 Å². The van der Waals surface area contributed by atoms with Gasteiger partial charge in [-0.25, -0.2) is 0 Å². The summed E-state index contributed by atoms with van der Waals surface area (Å²) in [6.45, 7) is 6.68. The highest BCUT2D eigenvalue weighted by Crippen LogP contribution is 2.31. The van der Waals surface area contributed by atoms with Crippen LogP contribution in [0.4, 0.5) is 0 Å². The molecule has 1 N–H and O–H groups in total. The molecule has 2 aromatic heterocycles. The largest absolute Gasteiger partial charge is 0.490 e. The van der Waals surface area contributed by atoms with Crippen molar-refractivity contribution >= 4 is 5.52 Å². The van der Waals surface area contributed by atoms with Crippen LogP contribution in [0.25, 0.3) is 16.6 Å². The lowest BCUT2D eigenvalue weighted by molar-refractivity contribution is 0.111. The zero-order valence-corrected chi connectivity index (χ0v) is 16.4. The molecule has 0 amide bonds. The average molecular weight is 363 g/mol. The van der Waals surface area contributed by atoms with Crippen molar-refractivity contribution in [3.05, 3.63) is 60.4 Å². The monoisotopic (exact) mass is 362 g/mol. The van der Waals surface area contributed by atoms with Crippen LogP contribution in [0.3, 0.4) is 0 Å². The minimum absolute atomic E-state index is 0.298. The molecule has 0 spiro atoms.